The zero-order valence-corrected chi connectivity index (χ0v) is 13.6. The number of halogens is 1. The zero-order chi connectivity index (χ0) is 16.5. The highest BCUT2D eigenvalue weighted by Crippen LogP contribution is 2.22. The number of ether oxygens (including phenoxy) is 1. The number of hydrogen-bond donors (Lipinski definition) is 2. The molecule has 124 valence electrons. The summed E-state index contributed by atoms with van der Waals surface area (Å²) in [6.07, 6.45) is 2.78. The average molecular weight is 316 g/mol. The predicted octanol–water partition coefficient (Wildman–Crippen LogP) is 3.57. The molecule has 3 nitrogen and oxygen atoms in total. The third kappa shape index (κ3) is 5.91. The molecule has 0 bridgehead atoms. The van der Waals surface area contributed by atoms with E-state index >= 15 is 0 Å². The van der Waals surface area contributed by atoms with Crippen molar-refractivity contribution in [1.29, 1.82) is 0 Å². The number of nitrogen functional groups attached to an aromatic ring is 1. The van der Waals surface area contributed by atoms with Gasteiger partial charge in [-0.05, 0) is 67.7 Å². The van der Waals surface area contributed by atoms with Crippen LogP contribution in [0.4, 0.5) is 10.1 Å². The molecule has 2 aromatic rings. The molecule has 0 unspecified atom stereocenters. The minimum Gasteiger partial charge on any atom is -0.491 e. The van der Waals surface area contributed by atoms with Gasteiger partial charge >= 0.3 is 0 Å². The molecule has 2 rings (SSSR count). The standard InChI is InChI=1S/C19H25FN2O/c1-2-13-23-19-8-5-16(14-18(19)21)10-12-22-11-9-15-3-6-17(20)7-4-15/h3-8,14,22H,2,9-13,21H2,1H3. The molecule has 0 aliphatic heterocycles. The van der Waals surface area contributed by atoms with Crippen molar-refractivity contribution in [3.8, 4) is 5.75 Å². The van der Waals surface area contributed by atoms with Gasteiger partial charge in [-0.3, -0.25) is 0 Å². The van der Waals surface area contributed by atoms with Crippen molar-refractivity contribution in [1.82, 2.24) is 5.32 Å². The lowest BCUT2D eigenvalue weighted by Crippen LogP contribution is -2.20. The Morgan fingerprint density at radius 3 is 2.30 bits per heavy atom. The lowest BCUT2D eigenvalue weighted by molar-refractivity contribution is 0.319. The lowest BCUT2D eigenvalue weighted by Gasteiger charge is -2.10. The van der Waals surface area contributed by atoms with Crippen LogP contribution in [0.25, 0.3) is 0 Å². The number of benzene rings is 2. The highest BCUT2D eigenvalue weighted by molar-refractivity contribution is 5.54. The van der Waals surface area contributed by atoms with E-state index in [2.05, 4.69) is 18.3 Å². The first-order chi connectivity index (χ1) is 11.2. The van der Waals surface area contributed by atoms with Crippen LogP contribution in [0.5, 0.6) is 5.75 Å². The highest BCUT2D eigenvalue weighted by Gasteiger charge is 2.02. The Kier molecular flexibility index (Phi) is 6.88. The van der Waals surface area contributed by atoms with Gasteiger partial charge in [0.2, 0.25) is 0 Å². The molecule has 0 amide bonds. The molecule has 4 heteroatoms. The van der Waals surface area contributed by atoms with E-state index in [1.807, 2.05) is 24.3 Å². The van der Waals surface area contributed by atoms with Crippen molar-refractivity contribution >= 4 is 5.69 Å². The van der Waals surface area contributed by atoms with Crippen molar-refractivity contribution < 1.29 is 9.13 Å². The summed E-state index contributed by atoms with van der Waals surface area (Å²) in [5, 5.41) is 3.40. The maximum atomic E-state index is 12.8. The summed E-state index contributed by atoms with van der Waals surface area (Å²) >= 11 is 0. The van der Waals surface area contributed by atoms with Crippen LogP contribution < -0.4 is 15.8 Å². The zero-order valence-electron chi connectivity index (χ0n) is 13.6. The maximum absolute atomic E-state index is 12.8. The van der Waals surface area contributed by atoms with E-state index in [0.717, 1.165) is 43.7 Å². The SMILES string of the molecule is CCCOc1ccc(CCNCCc2ccc(F)cc2)cc1N. The number of nitrogens with one attached hydrogen (secondary N) is 1. The second-order valence-electron chi connectivity index (χ2n) is 5.60. The molecule has 0 heterocycles. The fraction of sp³-hybridized carbons (Fsp3) is 0.368. The molecule has 0 aliphatic rings. The van der Waals surface area contributed by atoms with E-state index in [0.29, 0.717) is 12.3 Å². The number of rotatable bonds is 9. The fourth-order valence-corrected chi connectivity index (χ4v) is 2.34. The van der Waals surface area contributed by atoms with E-state index < -0.39 is 0 Å². The second-order valence-corrected chi connectivity index (χ2v) is 5.60. The van der Waals surface area contributed by atoms with Crippen LogP contribution >= 0.6 is 0 Å². The Morgan fingerprint density at radius 1 is 1.00 bits per heavy atom. The number of hydrogen-bond acceptors (Lipinski definition) is 3. The lowest BCUT2D eigenvalue weighted by atomic mass is 10.1. The average Bonchev–Trinajstić information content (AvgIpc) is 2.55. The summed E-state index contributed by atoms with van der Waals surface area (Å²) in [6.45, 7) is 4.52. The first-order valence-electron chi connectivity index (χ1n) is 8.15. The molecule has 0 spiro atoms. The van der Waals surface area contributed by atoms with Gasteiger partial charge in [0, 0.05) is 0 Å². The molecule has 0 atom stereocenters. The Morgan fingerprint density at radius 2 is 1.65 bits per heavy atom. The number of anilines is 1. The Balaban J connectivity index is 1.69. The van der Waals surface area contributed by atoms with Gasteiger partial charge in [-0.25, -0.2) is 4.39 Å². The maximum Gasteiger partial charge on any atom is 0.142 e. The molecule has 0 aromatic heterocycles. The van der Waals surface area contributed by atoms with Crippen molar-refractivity contribution in [2.24, 2.45) is 0 Å². The van der Waals surface area contributed by atoms with Gasteiger partial charge in [-0.2, -0.15) is 0 Å². The van der Waals surface area contributed by atoms with Crippen molar-refractivity contribution in [3.63, 3.8) is 0 Å². The van der Waals surface area contributed by atoms with Crippen LogP contribution in [-0.4, -0.2) is 19.7 Å². The third-order valence-electron chi connectivity index (χ3n) is 3.63. The summed E-state index contributed by atoms with van der Waals surface area (Å²) in [4.78, 5) is 0. The summed E-state index contributed by atoms with van der Waals surface area (Å²) in [5.74, 6) is 0.575. The molecular formula is C19H25FN2O. The van der Waals surface area contributed by atoms with Crippen LogP contribution in [-0.2, 0) is 12.8 Å². The molecule has 0 radical (unpaired) electrons. The van der Waals surface area contributed by atoms with E-state index in [1.165, 1.54) is 17.7 Å². The molecule has 0 saturated heterocycles. The topological polar surface area (TPSA) is 47.3 Å². The molecular weight excluding hydrogens is 291 g/mol. The van der Waals surface area contributed by atoms with E-state index in [-0.39, 0.29) is 5.82 Å². The van der Waals surface area contributed by atoms with Gasteiger partial charge in [0.15, 0.2) is 0 Å². The van der Waals surface area contributed by atoms with Gasteiger partial charge in [-0.15, -0.1) is 0 Å². The van der Waals surface area contributed by atoms with Crippen LogP contribution in [0.2, 0.25) is 0 Å². The summed E-state index contributed by atoms with van der Waals surface area (Å²) < 4.78 is 18.4. The van der Waals surface area contributed by atoms with Crippen molar-refractivity contribution in [2.75, 3.05) is 25.4 Å². The Hall–Kier alpha value is -2.07. The van der Waals surface area contributed by atoms with Gasteiger partial charge in [0.1, 0.15) is 11.6 Å². The smallest absolute Gasteiger partial charge is 0.142 e. The van der Waals surface area contributed by atoms with Gasteiger partial charge in [0.25, 0.3) is 0 Å². The van der Waals surface area contributed by atoms with E-state index in [9.17, 15) is 4.39 Å². The monoisotopic (exact) mass is 316 g/mol. The predicted molar refractivity (Wildman–Crippen MR) is 93.3 cm³/mol. The highest BCUT2D eigenvalue weighted by atomic mass is 19.1. The van der Waals surface area contributed by atoms with E-state index in [4.69, 9.17) is 10.5 Å². The molecule has 0 fully saturated rings. The molecule has 3 N–H and O–H groups in total. The van der Waals surface area contributed by atoms with Crippen LogP contribution in [0.1, 0.15) is 24.5 Å². The van der Waals surface area contributed by atoms with Crippen LogP contribution in [0.15, 0.2) is 42.5 Å². The third-order valence-corrected chi connectivity index (χ3v) is 3.63. The summed E-state index contributed by atoms with van der Waals surface area (Å²) in [6, 6.07) is 12.6. The largest absolute Gasteiger partial charge is 0.491 e. The fourth-order valence-electron chi connectivity index (χ4n) is 2.34. The molecule has 2 aromatic carbocycles. The first kappa shape index (κ1) is 17.3. The van der Waals surface area contributed by atoms with Crippen molar-refractivity contribution in [3.05, 3.63) is 59.4 Å². The Bertz CT molecular complexity index is 599. The van der Waals surface area contributed by atoms with E-state index in [1.54, 1.807) is 0 Å². The molecule has 23 heavy (non-hydrogen) atoms. The number of nitrogens with two attached hydrogens (primary N) is 1. The molecule has 0 aliphatic carbocycles. The quantitative estimate of drug-likeness (QED) is 0.549. The normalized spacial score (nSPS) is 10.7. The van der Waals surface area contributed by atoms with Gasteiger partial charge < -0.3 is 15.8 Å². The first-order valence-corrected chi connectivity index (χ1v) is 8.15. The van der Waals surface area contributed by atoms with Gasteiger partial charge in [0.05, 0.1) is 12.3 Å². The van der Waals surface area contributed by atoms with Crippen LogP contribution in [0.3, 0.4) is 0 Å². The minimum absolute atomic E-state index is 0.189. The minimum atomic E-state index is -0.189. The summed E-state index contributed by atoms with van der Waals surface area (Å²) in [5.41, 5.74) is 9.04. The Labute approximate surface area is 137 Å². The summed E-state index contributed by atoms with van der Waals surface area (Å²) in [7, 11) is 0. The molecule has 0 saturated carbocycles. The second kappa shape index (κ2) is 9.16. The van der Waals surface area contributed by atoms with Crippen molar-refractivity contribution in [2.45, 2.75) is 26.2 Å². The van der Waals surface area contributed by atoms with Gasteiger partial charge in [-0.1, -0.05) is 25.1 Å². The van der Waals surface area contributed by atoms with Crippen LogP contribution in [0, 0.1) is 5.82 Å².